The maximum atomic E-state index is 12.2. The lowest BCUT2D eigenvalue weighted by Crippen LogP contribution is -2.68. The predicted octanol–water partition coefficient (Wildman–Crippen LogP) is -7.77. The number of ether oxygens (including phenoxy) is 6. The van der Waals surface area contributed by atoms with E-state index in [-0.39, 0.29) is 0 Å². The minimum absolute atomic E-state index is 0.918. The van der Waals surface area contributed by atoms with Gasteiger partial charge in [-0.15, -0.1) is 0 Å². The van der Waals surface area contributed by atoms with Crippen LogP contribution < -0.4 is 4.72 Å². The SMILES string of the molecule is CO[C@H]1C(COS(=O)(=O)O)O[C@H](O[C@H]2C(C(=O)O)O[C@@H](OCC3OC(O)C(O)[C@H](O)[C@@H]3O)C(OS(=O)(=O)O)[C@@H]2O)C(NS(=O)(=O)O)[C@@H]1O. The van der Waals surface area contributed by atoms with Crippen molar-refractivity contribution in [2.24, 2.45) is 0 Å². The fraction of sp³-hybridized carbons (Fsp3) is 0.947. The van der Waals surface area contributed by atoms with Gasteiger partial charge in [-0.1, -0.05) is 0 Å². The van der Waals surface area contributed by atoms with Crippen LogP contribution in [0.2, 0.25) is 0 Å². The number of aliphatic hydroxyl groups excluding tert-OH is 6. The monoisotopic (exact) mass is 771 g/mol. The summed E-state index contributed by atoms with van der Waals surface area (Å²) in [4.78, 5) is 12.2. The number of carbonyl (C=O) groups is 1. The number of hydrogen-bond donors (Lipinski definition) is 11. The number of carboxylic acids is 1. The van der Waals surface area contributed by atoms with Crippen LogP contribution in [0.15, 0.2) is 0 Å². The molecule has 3 heterocycles. The van der Waals surface area contributed by atoms with E-state index in [2.05, 4.69) is 8.37 Å². The lowest BCUT2D eigenvalue weighted by atomic mass is 9.95. The van der Waals surface area contributed by atoms with Crippen molar-refractivity contribution in [1.29, 1.82) is 0 Å². The Hall–Kier alpha value is -1.40. The number of nitrogens with one attached hydrogen (secondary N) is 1. The zero-order valence-electron chi connectivity index (χ0n) is 23.9. The Morgan fingerprint density at radius 3 is 1.85 bits per heavy atom. The van der Waals surface area contributed by atoms with Gasteiger partial charge in [-0.2, -0.15) is 30.0 Å². The molecule has 3 rings (SSSR count). The van der Waals surface area contributed by atoms with E-state index < -0.39 is 142 Å². The second-order valence-corrected chi connectivity index (χ2v) is 13.6. The first-order valence-corrected chi connectivity index (χ1v) is 17.2. The largest absolute Gasteiger partial charge is 0.479 e. The summed E-state index contributed by atoms with van der Waals surface area (Å²) in [5.41, 5.74) is 0. The molecule has 0 aromatic rings. The fourth-order valence-corrected chi connectivity index (χ4v) is 6.26. The zero-order chi connectivity index (χ0) is 36.5. The van der Waals surface area contributed by atoms with Crippen molar-refractivity contribution in [1.82, 2.24) is 4.72 Å². The predicted molar refractivity (Wildman–Crippen MR) is 140 cm³/mol. The Balaban J connectivity index is 1.95. The van der Waals surface area contributed by atoms with E-state index in [0.717, 1.165) is 7.11 Å². The van der Waals surface area contributed by atoms with E-state index in [1.807, 2.05) is 0 Å². The van der Waals surface area contributed by atoms with Crippen LogP contribution in [0.1, 0.15) is 0 Å². The minimum Gasteiger partial charge on any atom is -0.479 e. The van der Waals surface area contributed by atoms with Gasteiger partial charge in [0, 0.05) is 7.11 Å². The highest BCUT2D eigenvalue weighted by Gasteiger charge is 2.56. The van der Waals surface area contributed by atoms with E-state index in [9.17, 15) is 74.9 Å². The van der Waals surface area contributed by atoms with Crippen LogP contribution in [0.5, 0.6) is 0 Å². The van der Waals surface area contributed by atoms with Gasteiger partial charge in [0.1, 0.15) is 61.0 Å². The molecule has 48 heavy (non-hydrogen) atoms. The molecule has 0 amide bonds. The molecule has 0 aromatic carbocycles. The van der Waals surface area contributed by atoms with Crippen molar-refractivity contribution in [2.75, 3.05) is 20.3 Å². The smallest absolute Gasteiger partial charge is 0.397 e. The molecule has 3 fully saturated rings. The summed E-state index contributed by atoms with van der Waals surface area (Å²) in [5.74, 6) is -2.02. The standard InChI is InChI=1S/C19H33NO25S3/c1-38-12-5(3-40-47(32,33)34)42-18(6(8(12)22)20-46(29,30)31)43-13-11(25)14(45-48(35,36)37)19(44-15(13)16(26)27)39-2-4-7(21)9(23)10(24)17(28)41-4/h4-15,17-25,28H,2-3H2,1H3,(H,26,27)(H,29,30,31)(H,32,33,34)(H,35,36,37)/t4?,5?,6?,7-,8+,9-,10?,11-,12+,13-,14?,15?,17?,18-,19-/m1/s1. The number of carboxylic acid groups (broad SMARTS) is 1. The van der Waals surface area contributed by atoms with Gasteiger partial charge < -0.3 is 64.2 Å². The van der Waals surface area contributed by atoms with Gasteiger partial charge in [-0.3, -0.25) is 13.7 Å². The van der Waals surface area contributed by atoms with E-state index in [4.69, 9.17) is 33.0 Å². The maximum absolute atomic E-state index is 12.2. The van der Waals surface area contributed by atoms with Crippen molar-refractivity contribution >= 4 is 37.1 Å². The molecule has 0 aliphatic carbocycles. The van der Waals surface area contributed by atoms with Gasteiger partial charge in [0.25, 0.3) is 0 Å². The zero-order valence-corrected chi connectivity index (χ0v) is 26.3. The van der Waals surface area contributed by atoms with Crippen molar-refractivity contribution in [2.45, 2.75) is 92.1 Å². The highest BCUT2D eigenvalue weighted by molar-refractivity contribution is 7.83. The summed E-state index contributed by atoms with van der Waals surface area (Å²) in [6.45, 7) is -2.17. The van der Waals surface area contributed by atoms with Crippen LogP contribution >= 0.6 is 0 Å². The normalized spacial score (nSPS) is 41.6. The van der Waals surface area contributed by atoms with E-state index in [0.29, 0.717) is 0 Å². The van der Waals surface area contributed by atoms with E-state index >= 15 is 0 Å². The molecule has 15 atom stereocenters. The van der Waals surface area contributed by atoms with Crippen molar-refractivity contribution in [3.05, 3.63) is 0 Å². The molecule has 3 saturated heterocycles. The van der Waals surface area contributed by atoms with Crippen LogP contribution in [-0.4, -0.2) is 193 Å². The van der Waals surface area contributed by atoms with Gasteiger partial charge >= 0.3 is 37.1 Å². The Kier molecular flexibility index (Phi) is 13.6. The van der Waals surface area contributed by atoms with Crippen molar-refractivity contribution in [3.8, 4) is 0 Å². The third kappa shape index (κ3) is 10.6. The third-order valence-corrected chi connectivity index (χ3v) is 8.48. The van der Waals surface area contributed by atoms with Crippen molar-refractivity contribution < 1.29 is 116 Å². The Morgan fingerprint density at radius 1 is 0.708 bits per heavy atom. The Labute approximate surface area is 270 Å². The van der Waals surface area contributed by atoms with Gasteiger partial charge in [0.05, 0.1) is 13.2 Å². The second-order valence-electron chi connectivity index (χ2n) is 10.3. The molecule has 0 saturated carbocycles. The first-order chi connectivity index (χ1) is 21.9. The van der Waals surface area contributed by atoms with Gasteiger partial charge in [-0.25, -0.2) is 13.2 Å². The summed E-state index contributed by atoms with van der Waals surface area (Å²) in [7, 11) is -15.1. The highest BCUT2D eigenvalue weighted by atomic mass is 32.3. The second kappa shape index (κ2) is 15.9. The molecular formula is C19H33NO25S3. The molecule has 0 aromatic heterocycles. The first-order valence-electron chi connectivity index (χ1n) is 13.0. The number of hydrogen-bond acceptors (Lipinski definition) is 21. The average molecular weight is 772 g/mol. The fourth-order valence-electron chi connectivity index (χ4n) is 4.88. The van der Waals surface area contributed by atoms with Crippen LogP contribution in [0.4, 0.5) is 0 Å². The first kappa shape index (κ1) is 41.0. The lowest BCUT2D eigenvalue weighted by molar-refractivity contribution is -0.345. The molecule has 0 radical (unpaired) electrons. The topological polar surface area (TPSA) is 408 Å². The van der Waals surface area contributed by atoms with Crippen LogP contribution in [0.3, 0.4) is 0 Å². The Morgan fingerprint density at radius 2 is 1.33 bits per heavy atom. The molecule has 0 bridgehead atoms. The molecule has 3 aliphatic rings. The molecule has 11 N–H and O–H groups in total. The highest BCUT2D eigenvalue weighted by Crippen LogP contribution is 2.33. The number of methoxy groups -OCH3 is 1. The minimum atomic E-state index is -5.57. The van der Waals surface area contributed by atoms with Crippen molar-refractivity contribution in [3.63, 3.8) is 0 Å². The van der Waals surface area contributed by atoms with Gasteiger partial charge in [0.2, 0.25) is 0 Å². The quantitative estimate of drug-likeness (QED) is 0.0730. The van der Waals surface area contributed by atoms with Gasteiger partial charge in [-0.05, 0) is 0 Å². The summed E-state index contributed by atoms with van der Waals surface area (Å²) >= 11 is 0. The van der Waals surface area contributed by atoms with Crippen LogP contribution in [0.25, 0.3) is 0 Å². The summed E-state index contributed by atoms with van der Waals surface area (Å²) in [5, 5.41) is 71.0. The van der Waals surface area contributed by atoms with Crippen LogP contribution in [-0.2, 0) is 72.7 Å². The lowest BCUT2D eigenvalue weighted by Gasteiger charge is -2.47. The molecule has 282 valence electrons. The van der Waals surface area contributed by atoms with Gasteiger partial charge in [0.15, 0.2) is 31.1 Å². The number of aliphatic carboxylic acids is 1. The third-order valence-electron chi connectivity index (χ3n) is 7.01. The summed E-state index contributed by atoms with van der Waals surface area (Å²) < 4.78 is 137. The molecule has 7 unspecified atom stereocenters. The molecule has 29 heteroatoms. The molecule has 0 spiro atoms. The average Bonchev–Trinajstić information content (AvgIpc) is 2.94. The molecular weight excluding hydrogens is 738 g/mol. The van der Waals surface area contributed by atoms with Crippen LogP contribution in [0, 0.1) is 0 Å². The number of rotatable bonds is 14. The maximum Gasteiger partial charge on any atom is 0.397 e. The molecule has 3 aliphatic heterocycles. The van der Waals surface area contributed by atoms with E-state index in [1.165, 1.54) is 4.72 Å². The molecule has 26 nitrogen and oxygen atoms in total. The number of aliphatic hydroxyl groups is 6. The Bertz CT molecular complexity index is 1430. The summed E-state index contributed by atoms with van der Waals surface area (Å²) in [6.07, 6.45) is -30.2. The van der Waals surface area contributed by atoms with E-state index in [1.54, 1.807) is 0 Å². The summed E-state index contributed by atoms with van der Waals surface area (Å²) in [6, 6.07) is -2.19.